The number of aryl methyl sites for hydroxylation is 1. The van der Waals surface area contributed by atoms with Gasteiger partial charge < -0.3 is 14.5 Å². The summed E-state index contributed by atoms with van der Waals surface area (Å²) in [6.45, 7) is 2.46. The SMILES string of the molecule is CCc1nc(CN(C)c2ccc(C(=O)O)cc2)no1. The molecule has 1 N–H and O–H groups in total. The third-order valence-corrected chi connectivity index (χ3v) is 2.75. The van der Waals surface area contributed by atoms with Crippen LogP contribution in [0.25, 0.3) is 0 Å². The summed E-state index contributed by atoms with van der Waals surface area (Å²) in [5.41, 5.74) is 1.16. The molecule has 0 saturated carbocycles. The number of anilines is 1. The number of carboxylic acid groups (broad SMARTS) is 1. The standard InChI is InChI=1S/C13H15N3O3/c1-3-12-14-11(15-19-12)8-16(2)10-6-4-9(5-7-10)13(17)18/h4-7H,3,8H2,1-2H3,(H,17,18). The largest absolute Gasteiger partial charge is 0.478 e. The molecule has 1 heterocycles. The van der Waals surface area contributed by atoms with E-state index in [0.717, 1.165) is 5.69 Å². The van der Waals surface area contributed by atoms with Gasteiger partial charge in [-0.05, 0) is 24.3 Å². The number of aromatic nitrogens is 2. The van der Waals surface area contributed by atoms with Gasteiger partial charge in [0, 0.05) is 19.2 Å². The molecule has 0 spiro atoms. The van der Waals surface area contributed by atoms with Gasteiger partial charge in [0.25, 0.3) is 0 Å². The fraction of sp³-hybridized carbons (Fsp3) is 0.308. The van der Waals surface area contributed by atoms with Crippen LogP contribution in [0.15, 0.2) is 28.8 Å². The van der Waals surface area contributed by atoms with Crippen molar-refractivity contribution in [1.29, 1.82) is 0 Å². The second-order valence-corrected chi connectivity index (χ2v) is 4.17. The Kier molecular flexibility index (Phi) is 3.79. The molecule has 1 aromatic carbocycles. The van der Waals surface area contributed by atoms with Crippen LogP contribution in [0.1, 0.15) is 29.0 Å². The van der Waals surface area contributed by atoms with Gasteiger partial charge in [0.2, 0.25) is 5.89 Å². The van der Waals surface area contributed by atoms with Crippen molar-refractivity contribution >= 4 is 11.7 Å². The highest BCUT2D eigenvalue weighted by Crippen LogP contribution is 2.15. The Labute approximate surface area is 110 Å². The predicted octanol–water partition coefficient (Wildman–Crippen LogP) is 1.97. The zero-order valence-corrected chi connectivity index (χ0v) is 10.8. The summed E-state index contributed by atoms with van der Waals surface area (Å²) in [6, 6.07) is 6.65. The number of hydrogen-bond acceptors (Lipinski definition) is 5. The van der Waals surface area contributed by atoms with Gasteiger partial charge in [0.15, 0.2) is 5.82 Å². The average Bonchev–Trinajstić information content (AvgIpc) is 2.86. The van der Waals surface area contributed by atoms with Crippen molar-refractivity contribution in [3.8, 4) is 0 Å². The van der Waals surface area contributed by atoms with Gasteiger partial charge in [-0.3, -0.25) is 0 Å². The summed E-state index contributed by atoms with van der Waals surface area (Å²) in [5, 5.41) is 12.7. The first-order chi connectivity index (χ1) is 9.10. The number of benzene rings is 1. The summed E-state index contributed by atoms with van der Waals surface area (Å²) in [7, 11) is 1.89. The van der Waals surface area contributed by atoms with Gasteiger partial charge >= 0.3 is 5.97 Å². The maximum Gasteiger partial charge on any atom is 0.335 e. The molecule has 6 nitrogen and oxygen atoms in total. The molecule has 0 aliphatic carbocycles. The fourth-order valence-corrected chi connectivity index (χ4v) is 1.66. The van der Waals surface area contributed by atoms with E-state index >= 15 is 0 Å². The van der Waals surface area contributed by atoms with Crippen molar-refractivity contribution in [3.05, 3.63) is 41.5 Å². The molecule has 0 unspecified atom stereocenters. The molecule has 0 bridgehead atoms. The molecular formula is C13H15N3O3. The average molecular weight is 261 g/mol. The minimum absolute atomic E-state index is 0.269. The second kappa shape index (κ2) is 5.51. The molecule has 0 aliphatic rings. The van der Waals surface area contributed by atoms with E-state index in [-0.39, 0.29) is 5.56 Å². The lowest BCUT2D eigenvalue weighted by molar-refractivity contribution is 0.0697. The minimum atomic E-state index is -0.931. The van der Waals surface area contributed by atoms with E-state index in [1.807, 2.05) is 18.9 Å². The number of hydrogen-bond donors (Lipinski definition) is 1. The van der Waals surface area contributed by atoms with Crippen LogP contribution in [0, 0.1) is 0 Å². The molecule has 19 heavy (non-hydrogen) atoms. The zero-order chi connectivity index (χ0) is 13.8. The van der Waals surface area contributed by atoms with Crippen molar-refractivity contribution in [2.24, 2.45) is 0 Å². The van der Waals surface area contributed by atoms with Crippen molar-refractivity contribution in [3.63, 3.8) is 0 Å². The fourth-order valence-electron chi connectivity index (χ4n) is 1.66. The van der Waals surface area contributed by atoms with Gasteiger partial charge in [-0.25, -0.2) is 4.79 Å². The Hall–Kier alpha value is -2.37. The molecule has 0 radical (unpaired) electrons. The van der Waals surface area contributed by atoms with Gasteiger partial charge in [-0.15, -0.1) is 0 Å². The van der Waals surface area contributed by atoms with Crippen LogP contribution in [-0.2, 0) is 13.0 Å². The Morgan fingerprint density at radius 2 is 2.05 bits per heavy atom. The number of carbonyl (C=O) groups is 1. The van der Waals surface area contributed by atoms with Crippen molar-refractivity contribution < 1.29 is 14.4 Å². The molecule has 2 aromatic rings. The number of carboxylic acids is 1. The molecule has 6 heteroatoms. The Morgan fingerprint density at radius 1 is 1.37 bits per heavy atom. The van der Waals surface area contributed by atoms with E-state index in [0.29, 0.717) is 24.7 Å². The monoisotopic (exact) mass is 261 g/mol. The molecule has 0 saturated heterocycles. The van der Waals surface area contributed by atoms with E-state index in [1.54, 1.807) is 24.3 Å². The second-order valence-electron chi connectivity index (χ2n) is 4.17. The van der Waals surface area contributed by atoms with Crippen LogP contribution in [0.5, 0.6) is 0 Å². The van der Waals surface area contributed by atoms with Crippen LogP contribution in [0.3, 0.4) is 0 Å². The topological polar surface area (TPSA) is 79.5 Å². The Bertz CT molecular complexity index is 563. The maximum absolute atomic E-state index is 10.8. The van der Waals surface area contributed by atoms with Gasteiger partial charge in [0.1, 0.15) is 0 Å². The highest BCUT2D eigenvalue weighted by molar-refractivity contribution is 5.88. The van der Waals surface area contributed by atoms with E-state index in [4.69, 9.17) is 9.63 Å². The number of rotatable bonds is 5. The first kappa shape index (κ1) is 13.1. The summed E-state index contributed by atoms with van der Waals surface area (Å²) in [5.74, 6) is 0.297. The lowest BCUT2D eigenvalue weighted by Crippen LogP contribution is -2.17. The molecule has 0 amide bonds. The normalized spacial score (nSPS) is 10.4. The minimum Gasteiger partial charge on any atom is -0.478 e. The van der Waals surface area contributed by atoms with E-state index in [2.05, 4.69) is 10.1 Å². The van der Waals surface area contributed by atoms with Crippen LogP contribution < -0.4 is 4.90 Å². The number of aromatic carboxylic acids is 1. The molecule has 1 aromatic heterocycles. The van der Waals surface area contributed by atoms with E-state index < -0.39 is 5.97 Å². The van der Waals surface area contributed by atoms with Crippen LogP contribution >= 0.6 is 0 Å². The van der Waals surface area contributed by atoms with Crippen molar-refractivity contribution in [1.82, 2.24) is 10.1 Å². The molecule has 0 fully saturated rings. The van der Waals surface area contributed by atoms with Gasteiger partial charge in [-0.2, -0.15) is 4.98 Å². The maximum atomic E-state index is 10.8. The van der Waals surface area contributed by atoms with Crippen LogP contribution in [0.2, 0.25) is 0 Å². The first-order valence-corrected chi connectivity index (χ1v) is 5.96. The smallest absolute Gasteiger partial charge is 0.335 e. The molecular weight excluding hydrogens is 246 g/mol. The lowest BCUT2D eigenvalue weighted by atomic mass is 10.2. The zero-order valence-electron chi connectivity index (χ0n) is 10.8. The summed E-state index contributed by atoms with van der Waals surface area (Å²) >= 11 is 0. The Balaban J connectivity index is 2.06. The van der Waals surface area contributed by atoms with Crippen molar-refractivity contribution in [2.45, 2.75) is 19.9 Å². The summed E-state index contributed by atoms with van der Waals surface area (Å²) in [6.07, 6.45) is 0.712. The number of nitrogens with zero attached hydrogens (tertiary/aromatic N) is 3. The third kappa shape index (κ3) is 3.09. The van der Waals surface area contributed by atoms with Crippen molar-refractivity contribution in [2.75, 3.05) is 11.9 Å². The highest BCUT2D eigenvalue weighted by atomic mass is 16.5. The highest BCUT2D eigenvalue weighted by Gasteiger charge is 2.09. The predicted molar refractivity (Wildman–Crippen MR) is 69.2 cm³/mol. The lowest BCUT2D eigenvalue weighted by Gasteiger charge is -2.17. The summed E-state index contributed by atoms with van der Waals surface area (Å²) in [4.78, 5) is 16.9. The van der Waals surface area contributed by atoms with E-state index in [1.165, 1.54) is 0 Å². The van der Waals surface area contributed by atoms with Crippen LogP contribution in [0.4, 0.5) is 5.69 Å². The molecule has 0 atom stereocenters. The summed E-state index contributed by atoms with van der Waals surface area (Å²) < 4.78 is 5.04. The molecule has 100 valence electrons. The van der Waals surface area contributed by atoms with Gasteiger partial charge in [-0.1, -0.05) is 12.1 Å². The first-order valence-electron chi connectivity index (χ1n) is 5.96. The molecule has 0 aliphatic heterocycles. The van der Waals surface area contributed by atoms with E-state index in [9.17, 15) is 4.79 Å². The Morgan fingerprint density at radius 3 is 2.58 bits per heavy atom. The third-order valence-electron chi connectivity index (χ3n) is 2.75. The van der Waals surface area contributed by atoms with Gasteiger partial charge in [0.05, 0.1) is 12.1 Å². The molecule has 2 rings (SSSR count). The quantitative estimate of drug-likeness (QED) is 0.886. The van der Waals surface area contributed by atoms with Crippen LogP contribution in [-0.4, -0.2) is 28.3 Å².